The van der Waals surface area contributed by atoms with Gasteiger partial charge in [-0.15, -0.1) is 0 Å². The van der Waals surface area contributed by atoms with Gasteiger partial charge >= 0.3 is 0 Å². The van der Waals surface area contributed by atoms with Gasteiger partial charge in [0.2, 0.25) is 0 Å². The summed E-state index contributed by atoms with van der Waals surface area (Å²) in [5.41, 5.74) is 8.99. The Hall–Kier alpha value is -1.81. The third kappa shape index (κ3) is 1.99. The average molecular weight is 242 g/mol. The SMILES string of the molecule is CN1CCC(Nc2ccc3ncccc3c2N)C1. The van der Waals surface area contributed by atoms with E-state index in [0.29, 0.717) is 6.04 Å². The number of hydrogen-bond donors (Lipinski definition) is 2. The Labute approximate surface area is 107 Å². The van der Waals surface area contributed by atoms with Crippen LogP contribution in [0.4, 0.5) is 11.4 Å². The van der Waals surface area contributed by atoms with Crippen LogP contribution in [-0.2, 0) is 0 Å². The van der Waals surface area contributed by atoms with Crippen LogP contribution in [0.3, 0.4) is 0 Å². The van der Waals surface area contributed by atoms with Crippen LogP contribution < -0.4 is 11.1 Å². The van der Waals surface area contributed by atoms with Crippen LogP contribution in [0, 0.1) is 0 Å². The Kier molecular flexibility index (Phi) is 2.80. The standard InChI is InChI=1S/C14H18N4/c1-18-8-6-10(9-18)17-13-5-4-12-11(14(13)15)3-2-7-16-12/h2-5,7,10,17H,6,8-9,15H2,1H3. The van der Waals surface area contributed by atoms with Gasteiger partial charge in [-0.2, -0.15) is 0 Å². The number of hydrogen-bond acceptors (Lipinski definition) is 4. The minimum absolute atomic E-state index is 0.492. The number of benzene rings is 1. The van der Waals surface area contributed by atoms with Crippen molar-refractivity contribution in [3.05, 3.63) is 30.5 Å². The van der Waals surface area contributed by atoms with Gasteiger partial charge in [-0.05, 0) is 44.3 Å². The molecular formula is C14H18N4. The van der Waals surface area contributed by atoms with Crippen molar-refractivity contribution in [1.82, 2.24) is 9.88 Å². The predicted molar refractivity (Wildman–Crippen MR) is 75.7 cm³/mol. The number of likely N-dealkylation sites (tertiary alicyclic amines) is 1. The maximum absolute atomic E-state index is 6.22. The lowest BCUT2D eigenvalue weighted by atomic mass is 10.1. The molecule has 1 aliphatic heterocycles. The monoisotopic (exact) mass is 242 g/mol. The number of nitrogens with one attached hydrogen (secondary N) is 1. The van der Waals surface area contributed by atoms with Crippen molar-refractivity contribution in [3.8, 4) is 0 Å². The van der Waals surface area contributed by atoms with E-state index < -0.39 is 0 Å². The normalized spacial score (nSPS) is 20.4. The maximum atomic E-state index is 6.22. The Morgan fingerprint density at radius 3 is 3.06 bits per heavy atom. The number of nitrogen functional groups attached to an aromatic ring is 1. The van der Waals surface area contributed by atoms with E-state index in [9.17, 15) is 0 Å². The summed E-state index contributed by atoms with van der Waals surface area (Å²) in [5.74, 6) is 0. The third-order valence-corrected chi connectivity index (χ3v) is 3.58. The van der Waals surface area contributed by atoms with E-state index in [1.165, 1.54) is 6.42 Å². The van der Waals surface area contributed by atoms with Gasteiger partial charge in [0.15, 0.2) is 0 Å². The fraction of sp³-hybridized carbons (Fsp3) is 0.357. The molecule has 4 nitrogen and oxygen atoms in total. The molecule has 0 bridgehead atoms. The second-order valence-corrected chi connectivity index (χ2v) is 4.99. The number of nitrogens with two attached hydrogens (primary N) is 1. The minimum atomic E-state index is 0.492. The Morgan fingerprint density at radius 2 is 2.28 bits per heavy atom. The van der Waals surface area contributed by atoms with Crippen molar-refractivity contribution in [2.45, 2.75) is 12.5 Å². The van der Waals surface area contributed by atoms with E-state index in [1.807, 2.05) is 24.3 Å². The highest BCUT2D eigenvalue weighted by atomic mass is 15.2. The first-order valence-corrected chi connectivity index (χ1v) is 6.32. The van der Waals surface area contributed by atoms with Crippen LogP contribution in [0.2, 0.25) is 0 Å². The molecule has 1 unspecified atom stereocenters. The first kappa shape index (κ1) is 11.3. The Morgan fingerprint density at radius 1 is 1.39 bits per heavy atom. The topological polar surface area (TPSA) is 54.2 Å². The zero-order valence-electron chi connectivity index (χ0n) is 10.6. The molecule has 1 aromatic heterocycles. The summed E-state index contributed by atoms with van der Waals surface area (Å²) >= 11 is 0. The van der Waals surface area contributed by atoms with Gasteiger partial charge in [0.05, 0.1) is 16.9 Å². The Bertz CT molecular complexity index is 567. The Balaban J connectivity index is 1.90. The predicted octanol–water partition coefficient (Wildman–Crippen LogP) is 1.93. The molecule has 1 aromatic carbocycles. The van der Waals surface area contributed by atoms with Gasteiger partial charge < -0.3 is 16.0 Å². The fourth-order valence-corrected chi connectivity index (χ4v) is 2.57. The number of anilines is 2. The van der Waals surface area contributed by atoms with Crippen molar-refractivity contribution in [2.75, 3.05) is 31.2 Å². The molecule has 1 aliphatic rings. The van der Waals surface area contributed by atoms with Gasteiger partial charge in [-0.1, -0.05) is 0 Å². The molecule has 1 atom stereocenters. The van der Waals surface area contributed by atoms with E-state index in [2.05, 4.69) is 22.2 Å². The number of fused-ring (bicyclic) bond motifs is 1. The molecule has 2 heterocycles. The minimum Gasteiger partial charge on any atom is -0.397 e. The second-order valence-electron chi connectivity index (χ2n) is 4.99. The van der Waals surface area contributed by atoms with E-state index in [-0.39, 0.29) is 0 Å². The molecule has 3 rings (SSSR count). The molecule has 1 saturated heterocycles. The maximum Gasteiger partial charge on any atom is 0.0724 e. The van der Waals surface area contributed by atoms with E-state index in [1.54, 1.807) is 6.20 Å². The van der Waals surface area contributed by atoms with Crippen molar-refractivity contribution in [2.24, 2.45) is 0 Å². The van der Waals surface area contributed by atoms with Crippen LogP contribution >= 0.6 is 0 Å². The number of nitrogens with zero attached hydrogens (tertiary/aromatic N) is 2. The summed E-state index contributed by atoms with van der Waals surface area (Å²) < 4.78 is 0. The molecule has 0 spiro atoms. The summed E-state index contributed by atoms with van der Waals surface area (Å²) in [6.45, 7) is 2.22. The highest BCUT2D eigenvalue weighted by molar-refractivity contribution is 5.96. The van der Waals surface area contributed by atoms with Gasteiger partial charge in [0.1, 0.15) is 0 Å². The molecule has 94 valence electrons. The molecule has 2 aromatic rings. The van der Waals surface area contributed by atoms with E-state index in [0.717, 1.165) is 35.4 Å². The zero-order valence-corrected chi connectivity index (χ0v) is 10.6. The largest absolute Gasteiger partial charge is 0.397 e. The molecular weight excluding hydrogens is 224 g/mol. The summed E-state index contributed by atoms with van der Waals surface area (Å²) in [6.07, 6.45) is 2.96. The highest BCUT2D eigenvalue weighted by Gasteiger charge is 2.19. The van der Waals surface area contributed by atoms with Gasteiger partial charge in [0.25, 0.3) is 0 Å². The lowest BCUT2D eigenvalue weighted by Gasteiger charge is -2.16. The molecule has 0 radical (unpaired) electrons. The lowest BCUT2D eigenvalue weighted by Crippen LogP contribution is -2.23. The van der Waals surface area contributed by atoms with Crippen LogP contribution in [-0.4, -0.2) is 36.1 Å². The van der Waals surface area contributed by atoms with Crippen molar-refractivity contribution >= 4 is 22.3 Å². The summed E-state index contributed by atoms with van der Waals surface area (Å²) in [4.78, 5) is 6.64. The fourth-order valence-electron chi connectivity index (χ4n) is 2.57. The van der Waals surface area contributed by atoms with E-state index in [4.69, 9.17) is 5.73 Å². The highest BCUT2D eigenvalue weighted by Crippen LogP contribution is 2.28. The van der Waals surface area contributed by atoms with Gasteiger partial charge in [-0.25, -0.2) is 0 Å². The first-order valence-electron chi connectivity index (χ1n) is 6.32. The average Bonchev–Trinajstić information content (AvgIpc) is 2.79. The lowest BCUT2D eigenvalue weighted by molar-refractivity contribution is 0.414. The van der Waals surface area contributed by atoms with Crippen LogP contribution in [0.5, 0.6) is 0 Å². The zero-order chi connectivity index (χ0) is 12.5. The smallest absolute Gasteiger partial charge is 0.0724 e. The van der Waals surface area contributed by atoms with Crippen molar-refractivity contribution in [1.29, 1.82) is 0 Å². The number of pyridine rings is 1. The quantitative estimate of drug-likeness (QED) is 0.790. The molecule has 18 heavy (non-hydrogen) atoms. The van der Waals surface area contributed by atoms with Crippen molar-refractivity contribution < 1.29 is 0 Å². The summed E-state index contributed by atoms with van der Waals surface area (Å²) in [5, 5.41) is 4.56. The molecule has 0 saturated carbocycles. The second kappa shape index (κ2) is 4.46. The molecule has 0 amide bonds. The molecule has 1 fully saturated rings. The van der Waals surface area contributed by atoms with Crippen LogP contribution in [0.1, 0.15) is 6.42 Å². The number of aromatic nitrogens is 1. The number of likely N-dealkylation sites (N-methyl/N-ethyl adjacent to an activating group) is 1. The molecule has 4 heteroatoms. The molecule has 0 aliphatic carbocycles. The van der Waals surface area contributed by atoms with Crippen LogP contribution in [0.15, 0.2) is 30.5 Å². The first-order chi connectivity index (χ1) is 8.74. The van der Waals surface area contributed by atoms with Gasteiger partial charge in [-0.3, -0.25) is 4.98 Å². The molecule has 3 N–H and O–H groups in total. The summed E-state index contributed by atoms with van der Waals surface area (Å²) in [7, 11) is 2.15. The van der Waals surface area contributed by atoms with Crippen LogP contribution in [0.25, 0.3) is 10.9 Å². The number of rotatable bonds is 2. The van der Waals surface area contributed by atoms with Gasteiger partial charge in [0, 0.05) is 24.2 Å². The third-order valence-electron chi connectivity index (χ3n) is 3.58. The van der Waals surface area contributed by atoms with Crippen molar-refractivity contribution in [3.63, 3.8) is 0 Å². The van der Waals surface area contributed by atoms with E-state index >= 15 is 0 Å². The summed E-state index contributed by atoms with van der Waals surface area (Å²) in [6, 6.07) is 8.48.